The van der Waals surface area contributed by atoms with Crippen molar-refractivity contribution in [3.8, 4) is 0 Å². The van der Waals surface area contributed by atoms with Crippen LogP contribution in [0.25, 0.3) is 0 Å². The summed E-state index contributed by atoms with van der Waals surface area (Å²) in [7, 11) is 1.38. The lowest BCUT2D eigenvalue weighted by atomic mass is 10.0. The fourth-order valence-electron chi connectivity index (χ4n) is 3.41. The number of carbonyl (C=O) groups is 2. The number of nitrogens with zero attached hydrogens (tertiary/aromatic N) is 2. The van der Waals surface area contributed by atoms with Crippen molar-refractivity contribution < 1.29 is 14.3 Å². The van der Waals surface area contributed by atoms with Gasteiger partial charge < -0.3 is 10.5 Å². The molecule has 2 aromatic carbocycles. The van der Waals surface area contributed by atoms with Gasteiger partial charge in [-0.25, -0.2) is 4.79 Å². The first-order chi connectivity index (χ1) is 13.1. The van der Waals surface area contributed by atoms with Crippen molar-refractivity contribution >= 4 is 35.8 Å². The number of hydrogen-bond donors (Lipinski definition) is 1. The molecule has 2 amide bonds. The van der Waals surface area contributed by atoms with E-state index in [4.69, 9.17) is 10.5 Å². The van der Waals surface area contributed by atoms with Gasteiger partial charge in [-0.05, 0) is 42.7 Å². The number of amides is 2. The standard InChI is InChI=1S/C21H25N3O3.ClH/c1-27-20(25)12-11-19-13-14-23(17-9-7-16(15-22)8-10-17)21(26)24(19)18-5-3-2-4-6-18;/h2-10,19H,11-15,22H2,1H3;1H. The predicted octanol–water partition coefficient (Wildman–Crippen LogP) is 3.73. The molecule has 0 saturated carbocycles. The number of halogens is 1. The Morgan fingerprint density at radius 2 is 1.79 bits per heavy atom. The molecule has 0 radical (unpaired) electrons. The number of urea groups is 1. The third kappa shape index (κ3) is 4.82. The van der Waals surface area contributed by atoms with E-state index in [-0.39, 0.29) is 30.4 Å². The molecular formula is C21H26ClN3O3. The number of hydrogen-bond acceptors (Lipinski definition) is 4. The van der Waals surface area contributed by atoms with Crippen molar-refractivity contribution in [2.75, 3.05) is 23.5 Å². The highest BCUT2D eigenvalue weighted by Gasteiger charge is 2.35. The van der Waals surface area contributed by atoms with Crippen LogP contribution in [0, 0.1) is 0 Å². The van der Waals surface area contributed by atoms with Gasteiger partial charge in [0.25, 0.3) is 0 Å². The minimum Gasteiger partial charge on any atom is -0.469 e. The molecule has 1 fully saturated rings. The van der Waals surface area contributed by atoms with Crippen LogP contribution in [0.2, 0.25) is 0 Å². The summed E-state index contributed by atoms with van der Waals surface area (Å²) >= 11 is 0. The summed E-state index contributed by atoms with van der Waals surface area (Å²) in [5.41, 5.74) is 8.38. The highest BCUT2D eigenvalue weighted by Crippen LogP contribution is 2.30. The largest absolute Gasteiger partial charge is 0.469 e. The van der Waals surface area contributed by atoms with Crippen LogP contribution < -0.4 is 15.5 Å². The average molecular weight is 404 g/mol. The monoisotopic (exact) mass is 403 g/mol. The number of esters is 1. The van der Waals surface area contributed by atoms with E-state index in [0.29, 0.717) is 25.9 Å². The van der Waals surface area contributed by atoms with E-state index in [1.807, 2.05) is 54.6 Å². The van der Waals surface area contributed by atoms with Crippen LogP contribution in [0.4, 0.5) is 16.2 Å². The molecule has 0 aromatic heterocycles. The lowest BCUT2D eigenvalue weighted by molar-refractivity contribution is -0.140. The molecule has 1 aliphatic heterocycles. The summed E-state index contributed by atoms with van der Waals surface area (Å²) in [6, 6.07) is 17.2. The second-order valence-corrected chi connectivity index (χ2v) is 6.57. The van der Waals surface area contributed by atoms with Crippen molar-refractivity contribution in [3.63, 3.8) is 0 Å². The number of para-hydroxylation sites is 1. The molecule has 28 heavy (non-hydrogen) atoms. The highest BCUT2D eigenvalue weighted by molar-refractivity contribution is 6.05. The van der Waals surface area contributed by atoms with Crippen molar-refractivity contribution in [2.24, 2.45) is 5.73 Å². The molecule has 1 saturated heterocycles. The topological polar surface area (TPSA) is 75.9 Å². The van der Waals surface area contributed by atoms with Gasteiger partial charge in [0.05, 0.1) is 7.11 Å². The van der Waals surface area contributed by atoms with Gasteiger partial charge in [-0.1, -0.05) is 30.3 Å². The van der Waals surface area contributed by atoms with Gasteiger partial charge in [-0.2, -0.15) is 0 Å². The zero-order valence-corrected chi connectivity index (χ0v) is 16.7. The smallest absolute Gasteiger partial charge is 0.329 e. The van der Waals surface area contributed by atoms with Gasteiger partial charge >= 0.3 is 12.0 Å². The molecule has 1 heterocycles. The van der Waals surface area contributed by atoms with Gasteiger partial charge in [0.15, 0.2) is 0 Å². The van der Waals surface area contributed by atoms with Crippen LogP contribution in [0.3, 0.4) is 0 Å². The van der Waals surface area contributed by atoms with Crippen molar-refractivity contribution in [1.82, 2.24) is 0 Å². The summed E-state index contributed by atoms with van der Waals surface area (Å²) in [6.45, 7) is 1.08. The second-order valence-electron chi connectivity index (χ2n) is 6.57. The number of carbonyl (C=O) groups excluding carboxylic acids is 2. The van der Waals surface area contributed by atoms with Gasteiger partial charge in [-0.15, -0.1) is 12.4 Å². The van der Waals surface area contributed by atoms with E-state index >= 15 is 0 Å². The Labute approximate surface area is 171 Å². The lowest BCUT2D eigenvalue weighted by Crippen LogP contribution is -2.55. The van der Waals surface area contributed by atoms with Gasteiger partial charge in [-0.3, -0.25) is 14.6 Å². The zero-order valence-electron chi connectivity index (χ0n) is 15.9. The van der Waals surface area contributed by atoms with Gasteiger partial charge in [0.2, 0.25) is 0 Å². The SMILES string of the molecule is COC(=O)CCC1CCN(c2ccc(CN)cc2)C(=O)N1c1ccccc1.Cl. The van der Waals surface area contributed by atoms with Crippen molar-refractivity contribution in [3.05, 3.63) is 60.2 Å². The minimum absolute atomic E-state index is 0. The summed E-state index contributed by atoms with van der Waals surface area (Å²) in [6.07, 6.45) is 1.65. The molecule has 2 aromatic rings. The molecule has 0 spiro atoms. The maximum absolute atomic E-state index is 13.3. The summed E-state index contributed by atoms with van der Waals surface area (Å²) < 4.78 is 4.76. The Kier molecular flexibility index (Phi) is 7.84. The quantitative estimate of drug-likeness (QED) is 0.745. The van der Waals surface area contributed by atoms with E-state index in [2.05, 4.69) is 0 Å². The number of ether oxygens (including phenoxy) is 1. The molecule has 6 nitrogen and oxygen atoms in total. The van der Waals surface area contributed by atoms with E-state index in [1.54, 1.807) is 9.80 Å². The number of benzene rings is 2. The zero-order chi connectivity index (χ0) is 19.2. The Morgan fingerprint density at radius 3 is 2.39 bits per heavy atom. The maximum Gasteiger partial charge on any atom is 0.329 e. The minimum atomic E-state index is -0.254. The summed E-state index contributed by atoms with van der Waals surface area (Å²) in [4.78, 5) is 28.5. The van der Waals surface area contributed by atoms with E-state index in [0.717, 1.165) is 23.4 Å². The first-order valence-electron chi connectivity index (χ1n) is 9.15. The average Bonchev–Trinajstić information content (AvgIpc) is 2.72. The number of methoxy groups -OCH3 is 1. The molecule has 0 bridgehead atoms. The Morgan fingerprint density at radius 1 is 1.11 bits per heavy atom. The highest BCUT2D eigenvalue weighted by atomic mass is 35.5. The summed E-state index contributed by atoms with van der Waals surface area (Å²) in [5, 5.41) is 0. The Balaban J connectivity index is 0.00000280. The van der Waals surface area contributed by atoms with E-state index < -0.39 is 0 Å². The fraction of sp³-hybridized carbons (Fsp3) is 0.333. The fourth-order valence-corrected chi connectivity index (χ4v) is 3.41. The molecule has 7 heteroatoms. The summed E-state index contributed by atoms with van der Waals surface area (Å²) in [5.74, 6) is -0.254. The van der Waals surface area contributed by atoms with Crippen LogP contribution in [-0.4, -0.2) is 31.7 Å². The number of nitrogens with two attached hydrogens (primary N) is 1. The molecular weight excluding hydrogens is 378 g/mol. The molecule has 150 valence electrons. The lowest BCUT2D eigenvalue weighted by Gasteiger charge is -2.41. The van der Waals surface area contributed by atoms with E-state index in [9.17, 15) is 9.59 Å². The van der Waals surface area contributed by atoms with Gasteiger partial charge in [0, 0.05) is 36.9 Å². The van der Waals surface area contributed by atoms with Crippen LogP contribution in [-0.2, 0) is 16.1 Å². The third-order valence-corrected chi connectivity index (χ3v) is 4.92. The number of anilines is 2. The van der Waals surface area contributed by atoms with Crippen molar-refractivity contribution in [2.45, 2.75) is 31.8 Å². The Bertz CT molecular complexity index is 783. The van der Waals surface area contributed by atoms with Gasteiger partial charge in [0.1, 0.15) is 0 Å². The molecule has 2 N–H and O–H groups in total. The van der Waals surface area contributed by atoms with Crippen molar-refractivity contribution in [1.29, 1.82) is 0 Å². The molecule has 3 rings (SSSR count). The molecule has 1 aliphatic rings. The maximum atomic E-state index is 13.3. The van der Waals surface area contributed by atoms with Crippen LogP contribution in [0.5, 0.6) is 0 Å². The Hall–Kier alpha value is -2.57. The molecule has 1 unspecified atom stereocenters. The van der Waals surface area contributed by atoms with Crippen LogP contribution >= 0.6 is 12.4 Å². The predicted molar refractivity (Wildman–Crippen MR) is 113 cm³/mol. The number of rotatable bonds is 6. The first-order valence-corrected chi connectivity index (χ1v) is 9.15. The third-order valence-electron chi connectivity index (χ3n) is 4.92. The van der Waals surface area contributed by atoms with Crippen LogP contribution in [0.1, 0.15) is 24.8 Å². The van der Waals surface area contributed by atoms with Crippen LogP contribution in [0.15, 0.2) is 54.6 Å². The molecule has 0 aliphatic carbocycles. The van der Waals surface area contributed by atoms with E-state index in [1.165, 1.54) is 7.11 Å². The first kappa shape index (κ1) is 21.7. The normalized spacial score (nSPS) is 16.5. The molecule has 1 atom stereocenters. The second kappa shape index (κ2) is 10.1.